The topological polar surface area (TPSA) is 76.7 Å². The fraction of sp³-hybridized carbons (Fsp3) is 0.556. The van der Waals surface area contributed by atoms with E-state index in [0.29, 0.717) is 0 Å². The Balaban J connectivity index is 1.90. The predicted molar refractivity (Wildman–Crippen MR) is 90.5 cm³/mol. The van der Waals surface area contributed by atoms with E-state index in [2.05, 4.69) is 22.8 Å². The van der Waals surface area contributed by atoms with Gasteiger partial charge in [-0.25, -0.2) is 0 Å². The summed E-state index contributed by atoms with van der Waals surface area (Å²) in [6.45, 7) is 2.00. The molecule has 0 saturated heterocycles. The van der Waals surface area contributed by atoms with Crippen molar-refractivity contribution in [3.05, 3.63) is 34.9 Å². The molecular formula is C18H26N2O4. The molecular weight excluding hydrogens is 308 g/mol. The summed E-state index contributed by atoms with van der Waals surface area (Å²) >= 11 is 0. The van der Waals surface area contributed by atoms with Gasteiger partial charge >= 0.3 is 11.8 Å². The largest absolute Gasteiger partial charge is 0.354 e. The molecule has 0 aromatic heterocycles. The number of benzene rings is 1. The number of hydrogen-bond donors (Lipinski definition) is 2. The van der Waals surface area contributed by atoms with E-state index in [-0.39, 0.29) is 12.6 Å². The van der Waals surface area contributed by atoms with Gasteiger partial charge in [0.1, 0.15) is 0 Å². The van der Waals surface area contributed by atoms with Crippen LogP contribution in [0.4, 0.5) is 0 Å². The lowest BCUT2D eigenvalue weighted by atomic mass is 9.89. The Morgan fingerprint density at radius 2 is 1.75 bits per heavy atom. The predicted octanol–water partition coefficient (Wildman–Crippen LogP) is 1.48. The van der Waals surface area contributed by atoms with Crippen molar-refractivity contribution in [1.29, 1.82) is 0 Å². The molecule has 6 heteroatoms. The average Bonchev–Trinajstić information content (AvgIpc) is 2.61. The van der Waals surface area contributed by atoms with Crippen molar-refractivity contribution in [2.75, 3.05) is 20.8 Å². The molecule has 1 aromatic carbocycles. The van der Waals surface area contributed by atoms with Gasteiger partial charge in [0.25, 0.3) is 0 Å². The summed E-state index contributed by atoms with van der Waals surface area (Å²) in [6, 6.07) is 6.08. The highest BCUT2D eigenvalue weighted by Gasteiger charge is 2.19. The van der Waals surface area contributed by atoms with E-state index < -0.39 is 18.1 Å². The first-order valence-corrected chi connectivity index (χ1v) is 8.31. The van der Waals surface area contributed by atoms with Gasteiger partial charge in [-0.05, 0) is 49.3 Å². The van der Waals surface area contributed by atoms with Crippen LogP contribution >= 0.6 is 0 Å². The highest BCUT2D eigenvalue weighted by atomic mass is 16.7. The number of amides is 2. The lowest BCUT2D eigenvalue weighted by molar-refractivity contribution is -0.142. The third kappa shape index (κ3) is 4.79. The molecule has 24 heavy (non-hydrogen) atoms. The smallest absolute Gasteiger partial charge is 0.309 e. The number of carbonyl (C=O) groups excluding carboxylic acids is 2. The van der Waals surface area contributed by atoms with Crippen LogP contribution in [0.1, 0.15) is 42.5 Å². The lowest BCUT2D eigenvalue weighted by Gasteiger charge is -2.20. The second-order valence-electron chi connectivity index (χ2n) is 6.04. The number of nitrogens with one attached hydrogen (secondary N) is 2. The van der Waals surface area contributed by atoms with E-state index in [4.69, 9.17) is 9.47 Å². The molecule has 0 saturated carbocycles. The van der Waals surface area contributed by atoms with E-state index in [0.717, 1.165) is 18.4 Å². The maximum absolute atomic E-state index is 12.0. The number of ether oxygens (including phenoxy) is 2. The van der Waals surface area contributed by atoms with Crippen molar-refractivity contribution in [1.82, 2.24) is 10.6 Å². The molecule has 0 spiro atoms. The normalized spacial score (nSPS) is 14.8. The van der Waals surface area contributed by atoms with E-state index in [9.17, 15) is 9.59 Å². The zero-order valence-corrected chi connectivity index (χ0v) is 14.6. The summed E-state index contributed by atoms with van der Waals surface area (Å²) in [4.78, 5) is 23.8. The summed E-state index contributed by atoms with van der Waals surface area (Å²) in [7, 11) is 2.94. The summed E-state index contributed by atoms with van der Waals surface area (Å²) < 4.78 is 9.93. The third-order valence-corrected chi connectivity index (χ3v) is 4.38. The maximum Gasteiger partial charge on any atom is 0.309 e. The Labute approximate surface area is 142 Å². The van der Waals surface area contributed by atoms with Gasteiger partial charge in [-0.3, -0.25) is 9.59 Å². The summed E-state index contributed by atoms with van der Waals surface area (Å²) in [5.41, 5.74) is 3.77. The minimum atomic E-state index is -0.695. The number of hydrogen-bond acceptors (Lipinski definition) is 4. The van der Waals surface area contributed by atoms with Gasteiger partial charge in [-0.1, -0.05) is 18.2 Å². The molecule has 0 bridgehead atoms. The quantitative estimate of drug-likeness (QED) is 0.610. The molecule has 1 aromatic rings. The monoisotopic (exact) mass is 334 g/mol. The van der Waals surface area contributed by atoms with E-state index in [1.807, 2.05) is 13.0 Å². The van der Waals surface area contributed by atoms with Crippen LogP contribution in [0.3, 0.4) is 0 Å². The van der Waals surface area contributed by atoms with Crippen molar-refractivity contribution in [2.24, 2.45) is 0 Å². The molecule has 1 aliphatic rings. The van der Waals surface area contributed by atoms with Gasteiger partial charge in [-0.2, -0.15) is 0 Å². The average molecular weight is 334 g/mol. The molecule has 1 unspecified atom stereocenters. The highest BCUT2D eigenvalue weighted by Crippen LogP contribution is 2.24. The van der Waals surface area contributed by atoms with Crippen LogP contribution in [0.25, 0.3) is 0 Å². The molecule has 2 amide bonds. The van der Waals surface area contributed by atoms with Crippen molar-refractivity contribution < 1.29 is 19.1 Å². The second kappa shape index (κ2) is 8.80. The molecule has 1 aliphatic carbocycles. The first-order chi connectivity index (χ1) is 11.5. The molecule has 0 fully saturated rings. The van der Waals surface area contributed by atoms with Crippen LogP contribution in [0.15, 0.2) is 18.2 Å². The van der Waals surface area contributed by atoms with E-state index in [1.54, 1.807) is 0 Å². The zero-order chi connectivity index (χ0) is 17.5. The zero-order valence-electron chi connectivity index (χ0n) is 14.6. The van der Waals surface area contributed by atoms with Gasteiger partial charge in [-0.15, -0.1) is 0 Å². The van der Waals surface area contributed by atoms with Crippen molar-refractivity contribution >= 4 is 11.8 Å². The fourth-order valence-corrected chi connectivity index (χ4v) is 2.89. The summed E-state index contributed by atoms with van der Waals surface area (Å²) in [5, 5.41) is 5.22. The molecule has 1 atom stereocenters. The Kier molecular flexibility index (Phi) is 6.75. The van der Waals surface area contributed by atoms with Gasteiger partial charge < -0.3 is 20.1 Å². The van der Waals surface area contributed by atoms with Gasteiger partial charge in [0.15, 0.2) is 6.29 Å². The molecule has 132 valence electrons. The maximum atomic E-state index is 12.0. The molecule has 0 heterocycles. The first kappa shape index (κ1) is 18.4. The summed E-state index contributed by atoms with van der Waals surface area (Å²) in [5.74, 6) is -1.36. The number of rotatable bonds is 6. The molecule has 6 nitrogen and oxygen atoms in total. The van der Waals surface area contributed by atoms with Crippen LogP contribution in [0.2, 0.25) is 0 Å². The van der Waals surface area contributed by atoms with Crippen LogP contribution < -0.4 is 10.6 Å². The van der Waals surface area contributed by atoms with E-state index in [1.165, 1.54) is 38.2 Å². The lowest BCUT2D eigenvalue weighted by Crippen LogP contribution is -2.44. The SMILES string of the molecule is COC(CNC(=O)C(=O)NC(C)c1ccc2c(c1)CCCC2)OC. The molecule has 2 N–H and O–H groups in total. The Morgan fingerprint density at radius 1 is 1.08 bits per heavy atom. The van der Waals surface area contributed by atoms with Crippen LogP contribution in [0, 0.1) is 0 Å². The first-order valence-electron chi connectivity index (χ1n) is 8.31. The number of fused-ring (bicyclic) bond motifs is 1. The Hall–Kier alpha value is -1.92. The van der Waals surface area contributed by atoms with Crippen LogP contribution in [-0.2, 0) is 31.9 Å². The minimum Gasteiger partial charge on any atom is -0.354 e. The Bertz CT molecular complexity index is 584. The van der Waals surface area contributed by atoms with Gasteiger partial charge in [0.2, 0.25) is 0 Å². The van der Waals surface area contributed by atoms with Crippen LogP contribution in [-0.4, -0.2) is 38.9 Å². The fourth-order valence-electron chi connectivity index (χ4n) is 2.89. The van der Waals surface area contributed by atoms with Crippen molar-refractivity contribution in [3.63, 3.8) is 0 Å². The van der Waals surface area contributed by atoms with Crippen LogP contribution in [0.5, 0.6) is 0 Å². The Morgan fingerprint density at radius 3 is 2.42 bits per heavy atom. The van der Waals surface area contributed by atoms with Crippen molar-refractivity contribution in [3.8, 4) is 0 Å². The second-order valence-corrected chi connectivity index (χ2v) is 6.04. The van der Waals surface area contributed by atoms with E-state index >= 15 is 0 Å². The number of methoxy groups -OCH3 is 2. The molecule has 2 rings (SSSR count). The van der Waals surface area contributed by atoms with Gasteiger partial charge in [0, 0.05) is 14.2 Å². The highest BCUT2D eigenvalue weighted by molar-refractivity contribution is 6.35. The minimum absolute atomic E-state index is 0.118. The van der Waals surface area contributed by atoms with Gasteiger partial charge in [0.05, 0.1) is 12.6 Å². The summed E-state index contributed by atoms with van der Waals surface area (Å²) in [6.07, 6.45) is 4.08. The standard InChI is InChI=1S/C18H26N2O4/c1-12(14-9-8-13-6-4-5-7-15(13)10-14)20-18(22)17(21)19-11-16(23-2)24-3/h8-10,12,16H,4-7,11H2,1-3H3,(H,19,21)(H,20,22). The number of carbonyl (C=O) groups is 2. The number of aryl methyl sites for hydroxylation is 2. The molecule has 0 radical (unpaired) electrons. The third-order valence-electron chi connectivity index (χ3n) is 4.38. The van der Waals surface area contributed by atoms with Crippen molar-refractivity contribution in [2.45, 2.75) is 44.9 Å². The molecule has 0 aliphatic heterocycles.